The predicted molar refractivity (Wildman–Crippen MR) is 52.5 cm³/mol. The van der Waals surface area contributed by atoms with Gasteiger partial charge in [-0.25, -0.2) is 9.18 Å². The Hall–Kier alpha value is -1.97. The minimum Gasteiger partial charge on any atom is -0.465 e. The van der Waals surface area contributed by atoms with Crippen molar-refractivity contribution in [3.8, 4) is 0 Å². The van der Waals surface area contributed by atoms with Crippen molar-refractivity contribution in [2.24, 2.45) is 0 Å². The van der Waals surface area contributed by atoms with Crippen molar-refractivity contribution in [1.82, 2.24) is 0 Å². The van der Waals surface area contributed by atoms with Crippen molar-refractivity contribution >= 4 is 17.8 Å². The van der Waals surface area contributed by atoms with Crippen LogP contribution in [0, 0.1) is 5.82 Å². The zero-order valence-corrected chi connectivity index (χ0v) is 8.07. The molecule has 0 spiro atoms. The van der Waals surface area contributed by atoms with E-state index in [0.29, 0.717) is 11.8 Å². The van der Waals surface area contributed by atoms with Gasteiger partial charge < -0.3 is 4.74 Å². The third kappa shape index (κ3) is 2.74. The fraction of sp³-hybridized carbons (Fsp3) is 0.0909. The summed E-state index contributed by atoms with van der Waals surface area (Å²) in [5, 5.41) is 0. The molecular weight excluding hydrogens is 199 g/mol. The molecule has 0 aliphatic rings. The van der Waals surface area contributed by atoms with E-state index in [1.165, 1.54) is 31.4 Å². The number of carbonyl (C=O) groups excluding carboxylic acids is 2. The Bertz CT molecular complexity index is 393. The van der Waals surface area contributed by atoms with Gasteiger partial charge in [-0.1, -0.05) is 12.1 Å². The molecular formula is C11H9FO3. The van der Waals surface area contributed by atoms with Crippen LogP contribution >= 0.6 is 0 Å². The van der Waals surface area contributed by atoms with E-state index in [1.54, 1.807) is 0 Å². The van der Waals surface area contributed by atoms with E-state index in [1.807, 2.05) is 0 Å². The van der Waals surface area contributed by atoms with Gasteiger partial charge in [0.15, 0.2) is 0 Å². The average Bonchev–Trinajstić information content (AvgIpc) is 2.26. The average molecular weight is 208 g/mol. The smallest absolute Gasteiger partial charge is 0.338 e. The lowest BCUT2D eigenvalue weighted by molar-refractivity contribution is -0.133. The third-order valence-electron chi connectivity index (χ3n) is 1.80. The first kappa shape index (κ1) is 11.1. The fourth-order valence-electron chi connectivity index (χ4n) is 1.09. The largest absolute Gasteiger partial charge is 0.465 e. The molecule has 0 aromatic heterocycles. The van der Waals surface area contributed by atoms with Gasteiger partial charge in [0.2, 0.25) is 0 Å². The molecule has 0 N–H and O–H groups in total. The molecule has 0 bridgehead atoms. The van der Waals surface area contributed by atoms with E-state index in [-0.39, 0.29) is 5.57 Å². The zero-order chi connectivity index (χ0) is 11.3. The molecule has 0 aliphatic heterocycles. The van der Waals surface area contributed by atoms with E-state index < -0.39 is 11.8 Å². The monoisotopic (exact) mass is 208 g/mol. The fourth-order valence-corrected chi connectivity index (χ4v) is 1.09. The lowest BCUT2D eigenvalue weighted by Gasteiger charge is -2.03. The van der Waals surface area contributed by atoms with Crippen LogP contribution in [0.3, 0.4) is 0 Å². The first-order valence-electron chi connectivity index (χ1n) is 4.18. The van der Waals surface area contributed by atoms with E-state index in [4.69, 9.17) is 0 Å². The van der Waals surface area contributed by atoms with Gasteiger partial charge in [-0.05, 0) is 23.8 Å². The van der Waals surface area contributed by atoms with E-state index in [2.05, 4.69) is 4.74 Å². The number of halogens is 1. The van der Waals surface area contributed by atoms with Gasteiger partial charge in [0.1, 0.15) is 12.1 Å². The van der Waals surface area contributed by atoms with E-state index in [9.17, 15) is 14.0 Å². The van der Waals surface area contributed by atoms with Crippen LogP contribution in [-0.4, -0.2) is 19.4 Å². The Kier molecular flexibility index (Phi) is 3.74. The molecule has 0 fully saturated rings. The van der Waals surface area contributed by atoms with Crippen LogP contribution < -0.4 is 0 Å². The topological polar surface area (TPSA) is 43.4 Å². The number of hydrogen-bond acceptors (Lipinski definition) is 3. The Morgan fingerprint density at radius 3 is 2.40 bits per heavy atom. The summed E-state index contributed by atoms with van der Waals surface area (Å²) < 4.78 is 17.1. The number of hydrogen-bond donors (Lipinski definition) is 0. The van der Waals surface area contributed by atoms with Gasteiger partial charge in [-0.15, -0.1) is 0 Å². The standard InChI is InChI=1S/C11H9FO3/c1-15-11(14)10(6-7-13)8-2-4-9(12)5-3-8/h2-7H,1H3/b10-6+. The van der Waals surface area contributed by atoms with Crippen LogP contribution in [0.15, 0.2) is 30.3 Å². The number of aldehydes is 1. The number of esters is 1. The van der Waals surface area contributed by atoms with Gasteiger partial charge in [0.05, 0.1) is 12.7 Å². The maximum atomic E-state index is 12.6. The highest BCUT2D eigenvalue weighted by Crippen LogP contribution is 2.15. The lowest BCUT2D eigenvalue weighted by atomic mass is 10.1. The molecule has 78 valence electrons. The molecule has 4 heteroatoms. The molecule has 1 aromatic carbocycles. The highest BCUT2D eigenvalue weighted by molar-refractivity contribution is 6.19. The van der Waals surface area contributed by atoms with Crippen molar-refractivity contribution in [1.29, 1.82) is 0 Å². The van der Waals surface area contributed by atoms with Gasteiger partial charge in [-0.3, -0.25) is 4.79 Å². The summed E-state index contributed by atoms with van der Waals surface area (Å²) in [5.41, 5.74) is 0.544. The van der Waals surface area contributed by atoms with Crippen LogP contribution in [0.2, 0.25) is 0 Å². The molecule has 0 unspecified atom stereocenters. The number of benzene rings is 1. The van der Waals surface area contributed by atoms with Crippen molar-refractivity contribution in [3.05, 3.63) is 41.7 Å². The van der Waals surface area contributed by atoms with Crippen molar-refractivity contribution in [3.63, 3.8) is 0 Å². The minimum absolute atomic E-state index is 0.104. The second kappa shape index (κ2) is 5.05. The third-order valence-corrected chi connectivity index (χ3v) is 1.80. The highest BCUT2D eigenvalue weighted by Gasteiger charge is 2.11. The molecule has 1 rings (SSSR count). The molecule has 15 heavy (non-hydrogen) atoms. The first-order valence-corrected chi connectivity index (χ1v) is 4.18. The summed E-state index contributed by atoms with van der Waals surface area (Å²) in [4.78, 5) is 21.6. The van der Waals surface area contributed by atoms with Crippen LogP contribution in [-0.2, 0) is 14.3 Å². The molecule has 0 radical (unpaired) electrons. The van der Waals surface area contributed by atoms with Gasteiger partial charge in [0.25, 0.3) is 0 Å². The van der Waals surface area contributed by atoms with Gasteiger partial charge >= 0.3 is 5.97 Å². The molecule has 1 aromatic rings. The normalized spacial score (nSPS) is 10.9. The second-order valence-corrected chi connectivity index (χ2v) is 2.71. The van der Waals surface area contributed by atoms with Crippen LogP contribution in [0.4, 0.5) is 4.39 Å². The molecule has 0 saturated heterocycles. The van der Waals surface area contributed by atoms with E-state index in [0.717, 1.165) is 6.08 Å². The highest BCUT2D eigenvalue weighted by atomic mass is 19.1. The summed E-state index contributed by atoms with van der Waals surface area (Å²) in [7, 11) is 1.21. The van der Waals surface area contributed by atoms with Gasteiger partial charge in [-0.2, -0.15) is 0 Å². The van der Waals surface area contributed by atoms with Crippen molar-refractivity contribution < 1.29 is 18.7 Å². The summed E-state index contributed by atoms with van der Waals surface area (Å²) in [6.45, 7) is 0. The first-order chi connectivity index (χ1) is 7.19. The summed E-state index contributed by atoms with van der Waals surface area (Å²) in [5.74, 6) is -1.04. The zero-order valence-electron chi connectivity index (χ0n) is 8.07. The Morgan fingerprint density at radius 2 is 1.93 bits per heavy atom. The number of carbonyl (C=O) groups is 2. The Balaban J connectivity index is 3.10. The Labute approximate surface area is 86.2 Å². The van der Waals surface area contributed by atoms with Crippen LogP contribution in [0.5, 0.6) is 0 Å². The maximum absolute atomic E-state index is 12.6. The van der Waals surface area contributed by atoms with E-state index >= 15 is 0 Å². The van der Waals surface area contributed by atoms with Crippen LogP contribution in [0.1, 0.15) is 5.56 Å². The molecule has 0 heterocycles. The summed E-state index contributed by atoms with van der Waals surface area (Å²) in [6, 6.07) is 5.22. The SMILES string of the molecule is COC(=O)/C(=C/C=O)c1ccc(F)cc1. The second-order valence-electron chi connectivity index (χ2n) is 2.71. The predicted octanol–water partition coefficient (Wildman–Crippen LogP) is 1.58. The van der Waals surface area contributed by atoms with Crippen molar-refractivity contribution in [2.45, 2.75) is 0 Å². The number of methoxy groups -OCH3 is 1. The number of rotatable bonds is 3. The molecule has 0 atom stereocenters. The lowest BCUT2D eigenvalue weighted by Crippen LogP contribution is -2.04. The molecule has 0 amide bonds. The summed E-state index contributed by atoms with van der Waals surface area (Å²) >= 11 is 0. The van der Waals surface area contributed by atoms with Crippen LogP contribution in [0.25, 0.3) is 5.57 Å². The summed E-state index contributed by atoms with van der Waals surface area (Å²) in [6.07, 6.45) is 1.56. The number of ether oxygens (including phenoxy) is 1. The van der Waals surface area contributed by atoms with Gasteiger partial charge in [0, 0.05) is 0 Å². The minimum atomic E-state index is -0.631. The molecule has 3 nitrogen and oxygen atoms in total. The number of allylic oxidation sites excluding steroid dienone is 1. The molecule has 0 aliphatic carbocycles. The maximum Gasteiger partial charge on any atom is 0.338 e. The van der Waals surface area contributed by atoms with Crippen molar-refractivity contribution in [2.75, 3.05) is 7.11 Å². The quantitative estimate of drug-likeness (QED) is 0.430. The Morgan fingerprint density at radius 1 is 1.33 bits per heavy atom. The molecule has 0 saturated carbocycles.